The quantitative estimate of drug-likeness (QED) is 0.356. The second-order valence-corrected chi connectivity index (χ2v) is 7.80. The molecule has 3 N–H and O–H groups in total. The van der Waals surface area contributed by atoms with Crippen molar-refractivity contribution in [2.45, 2.75) is 59.3 Å². The molecule has 172 valence electrons. The van der Waals surface area contributed by atoms with Crippen molar-refractivity contribution in [3.05, 3.63) is 59.2 Å². The zero-order chi connectivity index (χ0) is 23.3. The summed E-state index contributed by atoms with van der Waals surface area (Å²) in [4.78, 5) is 36.3. The summed E-state index contributed by atoms with van der Waals surface area (Å²) in [5.41, 5.74) is 7.83. The number of anilines is 1. The van der Waals surface area contributed by atoms with E-state index < -0.39 is 11.8 Å². The third-order valence-corrected chi connectivity index (χ3v) is 4.94. The molecule has 0 saturated carbocycles. The van der Waals surface area contributed by atoms with E-state index in [1.165, 1.54) is 12.8 Å². The predicted molar refractivity (Wildman–Crippen MR) is 125 cm³/mol. The topological polar surface area (TPSA) is 96.5 Å². The van der Waals surface area contributed by atoms with Crippen LogP contribution in [0.1, 0.15) is 66.9 Å². The molecule has 0 atom stereocenters. The molecule has 0 spiro atoms. The Hall–Kier alpha value is -3.35. The van der Waals surface area contributed by atoms with Crippen LogP contribution in [0.25, 0.3) is 0 Å². The van der Waals surface area contributed by atoms with Crippen LogP contribution in [0.4, 0.5) is 5.69 Å². The van der Waals surface area contributed by atoms with Crippen molar-refractivity contribution >= 4 is 23.4 Å². The average molecular weight is 440 g/mol. The first-order chi connectivity index (χ1) is 15.4. The van der Waals surface area contributed by atoms with Crippen LogP contribution in [0, 0.1) is 13.8 Å². The zero-order valence-corrected chi connectivity index (χ0v) is 19.1. The molecule has 0 aliphatic rings. The summed E-state index contributed by atoms with van der Waals surface area (Å²) < 4.78 is 5.66. The van der Waals surface area contributed by atoms with Gasteiger partial charge in [0.25, 0.3) is 5.91 Å². The molecule has 0 unspecified atom stereocenters. The first kappa shape index (κ1) is 24.9. The van der Waals surface area contributed by atoms with Gasteiger partial charge in [-0.05, 0) is 61.7 Å². The largest absolute Gasteiger partial charge is 0.494 e. The van der Waals surface area contributed by atoms with Crippen LogP contribution in [0.3, 0.4) is 0 Å². The van der Waals surface area contributed by atoms with E-state index >= 15 is 0 Å². The van der Waals surface area contributed by atoms with Gasteiger partial charge in [0, 0.05) is 24.1 Å². The Morgan fingerprint density at radius 3 is 2.28 bits per heavy atom. The molecule has 7 heteroatoms. The van der Waals surface area contributed by atoms with E-state index in [2.05, 4.69) is 23.1 Å². The minimum Gasteiger partial charge on any atom is -0.494 e. The fourth-order valence-electron chi connectivity index (χ4n) is 2.99. The second kappa shape index (κ2) is 13.1. The van der Waals surface area contributed by atoms with Crippen molar-refractivity contribution in [2.24, 2.45) is 0 Å². The van der Waals surface area contributed by atoms with Gasteiger partial charge in [0.05, 0.1) is 6.61 Å². The number of carbonyl (C=O) groups is 3. The fourth-order valence-corrected chi connectivity index (χ4v) is 2.99. The van der Waals surface area contributed by atoms with E-state index in [1.54, 1.807) is 24.3 Å². The number of hydrazine groups is 1. The standard InChI is InChI=1S/C25H33N3O4/c1-4-5-6-7-16-32-21-12-10-20(11-13-21)25(31)28-27-24(30)15-14-23(29)26-22-17-18(2)8-9-19(22)3/h8-13,17H,4-7,14-16H2,1-3H3,(H,26,29)(H,27,30)(H,28,31). The molecule has 0 bridgehead atoms. The third kappa shape index (κ3) is 8.79. The number of ether oxygens (including phenoxy) is 1. The molecule has 0 saturated heterocycles. The number of unbranched alkanes of at least 4 members (excludes halogenated alkanes) is 3. The highest BCUT2D eigenvalue weighted by molar-refractivity contribution is 5.96. The molecule has 0 aliphatic heterocycles. The van der Waals surface area contributed by atoms with E-state index in [1.807, 2.05) is 32.0 Å². The number of aryl methyl sites for hydroxylation is 2. The molecule has 0 radical (unpaired) electrons. The smallest absolute Gasteiger partial charge is 0.269 e. The highest BCUT2D eigenvalue weighted by Gasteiger charge is 2.11. The van der Waals surface area contributed by atoms with Gasteiger partial charge in [0.1, 0.15) is 5.75 Å². The van der Waals surface area contributed by atoms with Crippen LogP contribution in [-0.2, 0) is 9.59 Å². The van der Waals surface area contributed by atoms with Crippen LogP contribution in [0.5, 0.6) is 5.75 Å². The lowest BCUT2D eigenvalue weighted by Gasteiger charge is -2.10. The van der Waals surface area contributed by atoms with Gasteiger partial charge in [-0.1, -0.05) is 38.3 Å². The minimum atomic E-state index is -0.443. The molecule has 2 aromatic rings. The highest BCUT2D eigenvalue weighted by Crippen LogP contribution is 2.17. The maximum Gasteiger partial charge on any atom is 0.269 e. The van der Waals surface area contributed by atoms with E-state index in [0.29, 0.717) is 17.9 Å². The van der Waals surface area contributed by atoms with Crippen molar-refractivity contribution in [2.75, 3.05) is 11.9 Å². The Labute approximate surface area is 189 Å². The lowest BCUT2D eigenvalue weighted by Crippen LogP contribution is -2.41. The maximum atomic E-state index is 12.2. The molecule has 3 amide bonds. The van der Waals surface area contributed by atoms with Crippen LogP contribution in [0.2, 0.25) is 0 Å². The number of hydrogen-bond donors (Lipinski definition) is 3. The number of carbonyl (C=O) groups excluding carboxylic acids is 3. The van der Waals surface area contributed by atoms with Gasteiger partial charge < -0.3 is 10.1 Å². The number of hydrogen-bond acceptors (Lipinski definition) is 4. The van der Waals surface area contributed by atoms with Crippen molar-refractivity contribution in [1.29, 1.82) is 0 Å². The average Bonchev–Trinajstić information content (AvgIpc) is 2.78. The molecule has 0 aromatic heterocycles. The SMILES string of the molecule is CCCCCCOc1ccc(C(=O)NNC(=O)CCC(=O)Nc2cc(C)ccc2C)cc1. The Balaban J connectivity index is 1.69. The van der Waals surface area contributed by atoms with E-state index in [-0.39, 0.29) is 18.7 Å². The Morgan fingerprint density at radius 1 is 0.844 bits per heavy atom. The fraction of sp³-hybridized carbons (Fsp3) is 0.400. The second-order valence-electron chi connectivity index (χ2n) is 7.80. The lowest BCUT2D eigenvalue weighted by molar-refractivity contribution is -0.124. The van der Waals surface area contributed by atoms with Crippen molar-refractivity contribution in [3.63, 3.8) is 0 Å². The lowest BCUT2D eigenvalue weighted by atomic mass is 10.1. The van der Waals surface area contributed by atoms with Crippen molar-refractivity contribution < 1.29 is 19.1 Å². The van der Waals surface area contributed by atoms with Gasteiger partial charge in [-0.3, -0.25) is 25.2 Å². The summed E-state index contributed by atoms with van der Waals surface area (Å²) in [5, 5.41) is 2.81. The summed E-state index contributed by atoms with van der Waals surface area (Å²) in [5.74, 6) is -0.434. The number of benzene rings is 2. The number of rotatable bonds is 11. The normalized spacial score (nSPS) is 10.3. The summed E-state index contributed by atoms with van der Waals surface area (Å²) >= 11 is 0. The van der Waals surface area contributed by atoms with Crippen LogP contribution >= 0.6 is 0 Å². The molecule has 2 aromatic carbocycles. The minimum absolute atomic E-state index is 0.0133. The van der Waals surface area contributed by atoms with Gasteiger partial charge in [-0.2, -0.15) is 0 Å². The number of amides is 3. The molecule has 32 heavy (non-hydrogen) atoms. The number of nitrogens with one attached hydrogen (secondary N) is 3. The Morgan fingerprint density at radius 2 is 1.56 bits per heavy atom. The molecule has 2 rings (SSSR count). The predicted octanol–water partition coefficient (Wildman–Crippen LogP) is 4.44. The summed E-state index contributed by atoms with van der Waals surface area (Å²) in [6, 6.07) is 12.5. The first-order valence-corrected chi connectivity index (χ1v) is 11.1. The van der Waals surface area contributed by atoms with E-state index in [9.17, 15) is 14.4 Å². The zero-order valence-electron chi connectivity index (χ0n) is 19.1. The molecule has 0 heterocycles. The summed E-state index contributed by atoms with van der Waals surface area (Å²) in [7, 11) is 0. The van der Waals surface area contributed by atoms with Crippen LogP contribution in [-0.4, -0.2) is 24.3 Å². The summed E-state index contributed by atoms with van der Waals surface area (Å²) in [6.45, 7) is 6.67. The van der Waals surface area contributed by atoms with Gasteiger partial charge in [-0.25, -0.2) is 0 Å². The van der Waals surface area contributed by atoms with E-state index in [0.717, 1.165) is 29.7 Å². The van der Waals surface area contributed by atoms with Gasteiger partial charge in [0.15, 0.2) is 0 Å². The Kier molecular flexibility index (Phi) is 10.2. The van der Waals surface area contributed by atoms with E-state index in [4.69, 9.17) is 4.74 Å². The Bertz CT molecular complexity index is 910. The molecule has 0 fully saturated rings. The summed E-state index contributed by atoms with van der Waals surface area (Å²) in [6.07, 6.45) is 4.50. The van der Waals surface area contributed by atoms with Crippen molar-refractivity contribution in [1.82, 2.24) is 10.9 Å². The van der Waals surface area contributed by atoms with Crippen LogP contribution in [0.15, 0.2) is 42.5 Å². The molecule has 0 aliphatic carbocycles. The van der Waals surface area contributed by atoms with Gasteiger partial charge in [0.2, 0.25) is 11.8 Å². The van der Waals surface area contributed by atoms with Crippen molar-refractivity contribution in [3.8, 4) is 5.75 Å². The van der Waals surface area contributed by atoms with Crippen LogP contribution < -0.4 is 20.9 Å². The molecule has 7 nitrogen and oxygen atoms in total. The molecular formula is C25H33N3O4. The first-order valence-electron chi connectivity index (χ1n) is 11.1. The third-order valence-electron chi connectivity index (χ3n) is 4.94. The maximum absolute atomic E-state index is 12.2. The highest BCUT2D eigenvalue weighted by atomic mass is 16.5. The van der Waals surface area contributed by atoms with Gasteiger partial charge in [-0.15, -0.1) is 0 Å². The molecular weight excluding hydrogens is 406 g/mol. The van der Waals surface area contributed by atoms with Gasteiger partial charge >= 0.3 is 0 Å². The monoisotopic (exact) mass is 439 g/mol.